The topological polar surface area (TPSA) is 52.6 Å². The highest BCUT2D eigenvalue weighted by Crippen LogP contribution is 2.36. The van der Waals surface area contributed by atoms with Crippen molar-refractivity contribution in [2.24, 2.45) is 0 Å². The largest absolute Gasteiger partial charge is 0.489 e. The number of carbonyl (C=O) groups excluding carboxylic acids is 2. The third-order valence-electron chi connectivity index (χ3n) is 2.66. The molecular formula is C13H14O4. The number of carbonyl (C=O) groups is 2. The summed E-state index contributed by atoms with van der Waals surface area (Å²) in [5, 5.41) is 0. The molecule has 0 unspecified atom stereocenters. The Hall–Kier alpha value is -1.84. The van der Waals surface area contributed by atoms with E-state index in [1.54, 1.807) is 6.07 Å². The van der Waals surface area contributed by atoms with E-state index >= 15 is 0 Å². The summed E-state index contributed by atoms with van der Waals surface area (Å²) in [6.07, 6.45) is 3.47. The SMILES string of the molecule is O=CCCc1ccc(C=O)c2c1OCCCO2. The van der Waals surface area contributed by atoms with Crippen LogP contribution in [0.25, 0.3) is 0 Å². The fourth-order valence-electron chi connectivity index (χ4n) is 1.84. The van der Waals surface area contributed by atoms with Gasteiger partial charge in [-0.2, -0.15) is 0 Å². The van der Waals surface area contributed by atoms with Gasteiger partial charge in [-0.25, -0.2) is 0 Å². The normalized spacial score (nSPS) is 13.9. The van der Waals surface area contributed by atoms with E-state index in [4.69, 9.17) is 9.47 Å². The minimum absolute atomic E-state index is 0.441. The van der Waals surface area contributed by atoms with Gasteiger partial charge in [0.05, 0.1) is 18.8 Å². The molecule has 0 bridgehead atoms. The van der Waals surface area contributed by atoms with Crippen molar-refractivity contribution in [3.8, 4) is 11.5 Å². The van der Waals surface area contributed by atoms with Gasteiger partial charge in [-0.05, 0) is 18.1 Å². The molecule has 0 spiro atoms. The first-order chi connectivity index (χ1) is 8.36. The molecule has 4 heteroatoms. The number of hydrogen-bond acceptors (Lipinski definition) is 4. The fourth-order valence-corrected chi connectivity index (χ4v) is 1.84. The van der Waals surface area contributed by atoms with Crippen molar-refractivity contribution in [3.05, 3.63) is 23.3 Å². The lowest BCUT2D eigenvalue weighted by Gasteiger charge is -2.13. The van der Waals surface area contributed by atoms with E-state index < -0.39 is 0 Å². The smallest absolute Gasteiger partial charge is 0.171 e. The quantitative estimate of drug-likeness (QED) is 0.745. The standard InChI is InChI=1S/C13H14O4/c14-6-1-3-10-4-5-11(9-15)13-12(10)16-7-2-8-17-13/h4-6,9H,1-3,7-8H2. The Balaban J connectivity index is 2.40. The monoisotopic (exact) mass is 234 g/mol. The number of benzene rings is 1. The Labute approximate surface area is 99.5 Å². The van der Waals surface area contributed by atoms with E-state index in [1.165, 1.54) is 0 Å². The Morgan fingerprint density at radius 1 is 1.12 bits per heavy atom. The first-order valence-corrected chi connectivity index (χ1v) is 5.67. The van der Waals surface area contributed by atoms with Crippen LogP contribution in [0.3, 0.4) is 0 Å². The Kier molecular flexibility index (Phi) is 3.75. The molecule has 0 radical (unpaired) electrons. The highest BCUT2D eigenvalue weighted by molar-refractivity contribution is 5.82. The third kappa shape index (κ3) is 2.46. The maximum atomic E-state index is 10.9. The summed E-state index contributed by atoms with van der Waals surface area (Å²) in [4.78, 5) is 21.3. The number of aldehydes is 2. The molecule has 0 aliphatic carbocycles. The second-order valence-electron chi connectivity index (χ2n) is 3.85. The molecule has 0 amide bonds. The van der Waals surface area contributed by atoms with Crippen LogP contribution < -0.4 is 9.47 Å². The van der Waals surface area contributed by atoms with Gasteiger partial charge < -0.3 is 14.3 Å². The number of fused-ring (bicyclic) bond motifs is 1. The lowest BCUT2D eigenvalue weighted by atomic mass is 10.1. The Bertz CT molecular complexity index is 426. The number of aryl methyl sites for hydroxylation is 1. The van der Waals surface area contributed by atoms with Crippen molar-refractivity contribution >= 4 is 12.6 Å². The molecule has 1 aromatic rings. The summed E-state index contributed by atoms with van der Waals surface area (Å²) >= 11 is 0. The van der Waals surface area contributed by atoms with Crippen LogP contribution in [0.15, 0.2) is 12.1 Å². The van der Waals surface area contributed by atoms with Crippen molar-refractivity contribution in [1.29, 1.82) is 0 Å². The van der Waals surface area contributed by atoms with E-state index in [0.29, 0.717) is 43.1 Å². The predicted octanol–water partition coefficient (Wildman–Crippen LogP) is 1.79. The first kappa shape index (κ1) is 11.6. The lowest BCUT2D eigenvalue weighted by molar-refractivity contribution is -0.107. The molecule has 0 saturated carbocycles. The third-order valence-corrected chi connectivity index (χ3v) is 2.66. The minimum Gasteiger partial charge on any atom is -0.489 e. The summed E-state index contributed by atoms with van der Waals surface area (Å²) in [6.45, 7) is 1.12. The maximum absolute atomic E-state index is 10.9. The van der Waals surface area contributed by atoms with Crippen LogP contribution in [0.5, 0.6) is 11.5 Å². The Morgan fingerprint density at radius 2 is 1.88 bits per heavy atom. The van der Waals surface area contributed by atoms with Crippen LogP contribution in [0, 0.1) is 0 Å². The van der Waals surface area contributed by atoms with Crippen LogP contribution in [-0.4, -0.2) is 25.8 Å². The van der Waals surface area contributed by atoms with Gasteiger partial charge in [0.15, 0.2) is 17.8 Å². The summed E-state index contributed by atoms with van der Waals surface area (Å²) in [7, 11) is 0. The maximum Gasteiger partial charge on any atom is 0.171 e. The lowest BCUT2D eigenvalue weighted by Crippen LogP contribution is -2.00. The van der Waals surface area contributed by atoms with E-state index in [0.717, 1.165) is 24.6 Å². The van der Waals surface area contributed by atoms with Crippen molar-refractivity contribution in [2.45, 2.75) is 19.3 Å². The van der Waals surface area contributed by atoms with Gasteiger partial charge in [-0.3, -0.25) is 4.79 Å². The van der Waals surface area contributed by atoms with Crippen molar-refractivity contribution < 1.29 is 19.1 Å². The average molecular weight is 234 g/mol. The molecule has 1 aliphatic heterocycles. The molecular weight excluding hydrogens is 220 g/mol. The van der Waals surface area contributed by atoms with Gasteiger partial charge in [-0.15, -0.1) is 0 Å². The summed E-state index contributed by atoms with van der Waals surface area (Å²) < 4.78 is 11.2. The van der Waals surface area contributed by atoms with Crippen LogP contribution in [0.1, 0.15) is 28.8 Å². The predicted molar refractivity (Wildman–Crippen MR) is 61.8 cm³/mol. The Morgan fingerprint density at radius 3 is 2.59 bits per heavy atom. The second-order valence-corrected chi connectivity index (χ2v) is 3.85. The van der Waals surface area contributed by atoms with Crippen LogP contribution in [0.2, 0.25) is 0 Å². The zero-order valence-corrected chi connectivity index (χ0v) is 9.48. The van der Waals surface area contributed by atoms with Crippen molar-refractivity contribution in [3.63, 3.8) is 0 Å². The summed E-state index contributed by atoms with van der Waals surface area (Å²) in [5.41, 5.74) is 1.41. The van der Waals surface area contributed by atoms with Gasteiger partial charge in [0, 0.05) is 12.8 Å². The van der Waals surface area contributed by atoms with Crippen molar-refractivity contribution in [2.75, 3.05) is 13.2 Å². The number of hydrogen-bond donors (Lipinski definition) is 0. The molecule has 0 fully saturated rings. The van der Waals surface area contributed by atoms with Gasteiger partial charge in [0.1, 0.15) is 6.29 Å². The van der Waals surface area contributed by atoms with Crippen LogP contribution in [0.4, 0.5) is 0 Å². The number of rotatable bonds is 4. The molecule has 2 rings (SSSR count). The van der Waals surface area contributed by atoms with Gasteiger partial charge in [-0.1, -0.05) is 6.07 Å². The molecule has 17 heavy (non-hydrogen) atoms. The molecule has 1 heterocycles. The van der Waals surface area contributed by atoms with Crippen LogP contribution in [-0.2, 0) is 11.2 Å². The summed E-state index contributed by atoms with van der Waals surface area (Å²) in [6, 6.07) is 3.53. The fraction of sp³-hybridized carbons (Fsp3) is 0.385. The molecule has 1 aliphatic rings. The van der Waals surface area contributed by atoms with Gasteiger partial charge >= 0.3 is 0 Å². The molecule has 0 saturated heterocycles. The van der Waals surface area contributed by atoms with Crippen molar-refractivity contribution in [1.82, 2.24) is 0 Å². The van der Waals surface area contributed by atoms with Crippen LogP contribution >= 0.6 is 0 Å². The van der Waals surface area contributed by atoms with E-state index in [1.807, 2.05) is 6.07 Å². The van der Waals surface area contributed by atoms with E-state index in [2.05, 4.69) is 0 Å². The average Bonchev–Trinajstić information content (AvgIpc) is 2.61. The van der Waals surface area contributed by atoms with E-state index in [9.17, 15) is 9.59 Å². The first-order valence-electron chi connectivity index (χ1n) is 5.67. The van der Waals surface area contributed by atoms with E-state index in [-0.39, 0.29) is 0 Å². The summed E-state index contributed by atoms with van der Waals surface area (Å²) in [5.74, 6) is 1.13. The molecule has 90 valence electrons. The molecule has 0 N–H and O–H groups in total. The highest BCUT2D eigenvalue weighted by Gasteiger charge is 2.18. The molecule has 0 atom stereocenters. The zero-order valence-electron chi connectivity index (χ0n) is 9.48. The molecule has 4 nitrogen and oxygen atoms in total. The minimum atomic E-state index is 0.441. The van der Waals surface area contributed by atoms with Gasteiger partial charge in [0.2, 0.25) is 0 Å². The zero-order chi connectivity index (χ0) is 12.1. The second kappa shape index (κ2) is 5.48. The van der Waals surface area contributed by atoms with Gasteiger partial charge in [0.25, 0.3) is 0 Å². The molecule has 0 aromatic heterocycles. The highest BCUT2D eigenvalue weighted by atomic mass is 16.5. The molecule has 1 aromatic carbocycles. The number of ether oxygens (including phenoxy) is 2.